The molecule has 0 saturated carbocycles. The maximum absolute atomic E-state index is 13.0. The van der Waals surface area contributed by atoms with E-state index in [2.05, 4.69) is 20.3 Å². The molecule has 0 spiro atoms. The first-order chi connectivity index (χ1) is 15.3. The number of esters is 1. The van der Waals surface area contributed by atoms with Gasteiger partial charge in [-0.3, -0.25) is 9.59 Å². The Morgan fingerprint density at radius 2 is 1.91 bits per heavy atom. The Bertz CT molecular complexity index is 841. The lowest BCUT2D eigenvalue weighted by Gasteiger charge is -2.25. The van der Waals surface area contributed by atoms with Crippen LogP contribution in [0, 0.1) is 5.92 Å². The summed E-state index contributed by atoms with van der Waals surface area (Å²) < 4.78 is 14.9. The number of ether oxygens (including phenoxy) is 2. The molecule has 2 aliphatic rings. The average Bonchev–Trinajstić information content (AvgIpc) is 2.78. The first-order valence-corrected chi connectivity index (χ1v) is 10.3. The van der Waals surface area contributed by atoms with Gasteiger partial charge in [0.1, 0.15) is 30.5 Å². The molecule has 32 heavy (non-hydrogen) atoms. The summed E-state index contributed by atoms with van der Waals surface area (Å²) in [6, 6.07) is 4.56. The number of rotatable bonds is 4. The van der Waals surface area contributed by atoms with Gasteiger partial charge in [0.25, 0.3) is 0 Å². The number of hydrogen-bond acceptors (Lipinski definition) is 7. The summed E-state index contributed by atoms with van der Waals surface area (Å²) in [6.45, 7) is 3.87. The predicted octanol–water partition coefficient (Wildman–Crippen LogP) is 0.863. The molecule has 3 rings (SSSR count). The minimum absolute atomic E-state index is 0.209. The number of hydrogen-bond donors (Lipinski definition) is 2. The van der Waals surface area contributed by atoms with E-state index in [-0.39, 0.29) is 25.4 Å². The number of carbonyl (C=O) groups is 3. The summed E-state index contributed by atoms with van der Waals surface area (Å²) in [4.78, 5) is 42.1. The molecule has 1 aromatic carbocycles. The molecule has 2 amide bonds. The molecule has 10 heteroatoms. The van der Waals surface area contributed by atoms with Gasteiger partial charge in [0, 0.05) is 6.42 Å². The molecule has 2 bridgehead atoms. The zero-order valence-corrected chi connectivity index (χ0v) is 18.4. The van der Waals surface area contributed by atoms with Crippen molar-refractivity contribution >= 4 is 32.2 Å². The summed E-state index contributed by atoms with van der Waals surface area (Å²) in [5.74, 6) is -1.17. The highest BCUT2D eigenvalue weighted by Gasteiger charge is 2.30. The van der Waals surface area contributed by atoms with Crippen molar-refractivity contribution in [2.24, 2.45) is 10.9 Å². The fourth-order valence-corrected chi connectivity index (χ4v) is 3.11. The van der Waals surface area contributed by atoms with Gasteiger partial charge in [0.05, 0.1) is 7.11 Å². The summed E-state index contributed by atoms with van der Waals surface area (Å²) >= 11 is 0. The molecule has 0 aromatic heterocycles. The molecule has 2 N–H and O–H groups in total. The van der Waals surface area contributed by atoms with E-state index < -0.39 is 35.9 Å². The molecule has 0 unspecified atom stereocenters. The second-order valence-electron chi connectivity index (χ2n) is 7.59. The quantitative estimate of drug-likeness (QED) is 0.236. The van der Waals surface area contributed by atoms with Crippen LogP contribution in [0.3, 0.4) is 0 Å². The zero-order valence-electron chi connectivity index (χ0n) is 18.4. The van der Waals surface area contributed by atoms with Crippen LogP contribution in [0.5, 0.6) is 5.75 Å². The van der Waals surface area contributed by atoms with Crippen molar-refractivity contribution in [1.29, 1.82) is 0 Å². The highest BCUT2D eigenvalue weighted by Crippen LogP contribution is 2.15. The smallest absolute Gasteiger partial charge is 0.375 e. The largest absolute Gasteiger partial charge is 0.560 e. The van der Waals surface area contributed by atoms with Gasteiger partial charge < -0.3 is 24.8 Å². The number of fused-ring (bicyclic) bond motifs is 13. The van der Waals surface area contributed by atoms with Gasteiger partial charge in [-0.1, -0.05) is 38.1 Å². The van der Waals surface area contributed by atoms with Crippen molar-refractivity contribution in [2.75, 3.05) is 13.7 Å². The first kappa shape index (κ1) is 25.0. The summed E-state index contributed by atoms with van der Waals surface area (Å²) in [7, 11) is 6.27. The lowest BCUT2D eigenvalue weighted by molar-refractivity contribution is -0.145. The Morgan fingerprint density at radius 1 is 1.19 bits per heavy atom. The number of nitrogens with zero attached hydrogens (tertiary/aromatic N) is 1. The Balaban J connectivity index is 2.36. The number of benzene rings is 1. The third-order valence-electron chi connectivity index (χ3n) is 4.89. The van der Waals surface area contributed by atoms with Crippen LogP contribution >= 0.6 is 0 Å². The fraction of sp³-hybridized carbons (Fsp3) is 0.455. The first-order valence-electron chi connectivity index (χ1n) is 10.3. The Hall–Kier alpha value is -3.30. The van der Waals surface area contributed by atoms with Crippen LogP contribution in [-0.4, -0.2) is 64.1 Å². The van der Waals surface area contributed by atoms with Crippen molar-refractivity contribution in [1.82, 2.24) is 10.6 Å². The van der Waals surface area contributed by atoms with Crippen LogP contribution in [-0.2, 0) is 30.2 Å². The van der Waals surface area contributed by atoms with Gasteiger partial charge in [-0.2, -0.15) is 0 Å². The zero-order chi connectivity index (χ0) is 23.5. The van der Waals surface area contributed by atoms with E-state index in [0.29, 0.717) is 5.75 Å². The fourth-order valence-electron chi connectivity index (χ4n) is 3.11. The van der Waals surface area contributed by atoms with Crippen LogP contribution < -0.4 is 15.4 Å². The van der Waals surface area contributed by atoms with Gasteiger partial charge >= 0.3 is 14.0 Å². The molecule has 1 aromatic rings. The van der Waals surface area contributed by atoms with E-state index in [4.69, 9.17) is 17.5 Å². The second kappa shape index (κ2) is 12.5. The molecule has 0 saturated heterocycles. The van der Waals surface area contributed by atoms with E-state index in [1.165, 1.54) is 7.11 Å². The van der Waals surface area contributed by atoms with E-state index >= 15 is 0 Å². The average molecular weight is 441 g/mol. The van der Waals surface area contributed by atoms with Crippen LogP contribution in [0.15, 0.2) is 41.4 Å². The van der Waals surface area contributed by atoms with Gasteiger partial charge in [0.15, 0.2) is 6.40 Å². The van der Waals surface area contributed by atoms with Crippen LogP contribution in [0.4, 0.5) is 0 Å². The topological polar surface area (TPSA) is 115 Å². The van der Waals surface area contributed by atoms with Crippen molar-refractivity contribution < 1.29 is 28.5 Å². The highest BCUT2D eigenvalue weighted by molar-refractivity contribution is 6.02. The number of aliphatic imine (C=N–C) groups is 1. The van der Waals surface area contributed by atoms with Crippen molar-refractivity contribution in [3.63, 3.8) is 0 Å². The molecule has 2 radical (unpaired) electrons. The minimum atomic E-state index is -0.907. The van der Waals surface area contributed by atoms with Crippen molar-refractivity contribution in [2.45, 2.75) is 44.8 Å². The molecule has 170 valence electrons. The second-order valence-corrected chi connectivity index (χ2v) is 7.59. The molecular formula is C22H28BN3O6. The lowest BCUT2D eigenvalue weighted by Crippen LogP contribution is -2.55. The van der Waals surface area contributed by atoms with Crippen LogP contribution in [0.2, 0.25) is 0 Å². The SMILES string of the molecule is [B]OC=N[C@H]1Cc2ccc(cc2)OCC=CC[C@@H](C(=O)OC)NC(=O)[C@H](C(C)C)NC1=O. The van der Waals surface area contributed by atoms with Gasteiger partial charge in [-0.05, 0) is 30.0 Å². The maximum atomic E-state index is 13.0. The molecule has 2 heterocycles. The maximum Gasteiger partial charge on any atom is 0.375 e. The molecule has 0 fully saturated rings. The lowest BCUT2D eigenvalue weighted by atomic mass is 10.0. The summed E-state index contributed by atoms with van der Waals surface area (Å²) in [6.07, 6.45) is 4.93. The monoisotopic (exact) mass is 441 g/mol. The highest BCUT2D eigenvalue weighted by atomic mass is 16.5. The van der Waals surface area contributed by atoms with Crippen molar-refractivity contribution in [3.8, 4) is 5.75 Å². The minimum Gasteiger partial charge on any atom is -0.560 e. The van der Waals surface area contributed by atoms with Gasteiger partial charge in [0.2, 0.25) is 11.8 Å². The third kappa shape index (κ3) is 7.44. The molecule has 2 aliphatic heterocycles. The molecule has 3 atom stereocenters. The number of amides is 2. The van der Waals surface area contributed by atoms with Gasteiger partial charge in [-0.25, -0.2) is 9.79 Å². The standard InChI is InChI=1S/C22H28BN3O6/c1-14(2)19-21(28)25-17(22(29)30-3)6-4-5-11-31-16-9-7-15(8-10-16)12-18(20(27)26-19)24-13-32-23/h4-5,7-10,13-14,17-19H,6,11-12H2,1-3H3,(H,25,28)(H,26,27)/t17-,18-,19-/m0/s1. The Kier molecular flexibility index (Phi) is 9.78. The number of methoxy groups -OCH3 is 1. The third-order valence-corrected chi connectivity index (χ3v) is 4.89. The van der Waals surface area contributed by atoms with E-state index in [1.807, 2.05) is 12.1 Å². The number of nitrogens with one attached hydrogen (secondary N) is 2. The Morgan fingerprint density at radius 3 is 2.53 bits per heavy atom. The normalized spacial score (nSPS) is 22.7. The van der Waals surface area contributed by atoms with E-state index in [1.54, 1.807) is 38.1 Å². The van der Waals surface area contributed by atoms with E-state index in [0.717, 1.165) is 12.0 Å². The summed E-state index contributed by atoms with van der Waals surface area (Å²) in [5.41, 5.74) is 0.836. The van der Waals surface area contributed by atoms with Crippen molar-refractivity contribution in [3.05, 3.63) is 42.0 Å². The van der Waals surface area contributed by atoms with Gasteiger partial charge in [-0.15, -0.1) is 0 Å². The van der Waals surface area contributed by atoms with Crippen LogP contribution in [0.1, 0.15) is 25.8 Å². The van der Waals surface area contributed by atoms with E-state index in [9.17, 15) is 14.4 Å². The summed E-state index contributed by atoms with van der Waals surface area (Å²) in [5, 5.41) is 5.39. The number of carbonyl (C=O) groups excluding carboxylic acids is 3. The Labute approximate surface area is 189 Å². The van der Waals surface area contributed by atoms with Crippen LogP contribution in [0.25, 0.3) is 0 Å². The molecule has 0 aliphatic carbocycles. The predicted molar refractivity (Wildman–Crippen MR) is 119 cm³/mol. The molecular weight excluding hydrogens is 413 g/mol. The molecule has 9 nitrogen and oxygen atoms in total.